The molecule has 0 spiro atoms. The number of nitrogens with one attached hydrogen (secondary N) is 1. The first-order chi connectivity index (χ1) is 6.77. The van der Waals surface area contributed by atoms with E-state index >= 15 is 0 Å². The average Bonchev–Trinajstić information content (AvgIpc) is 2.38. The highest BCUT2D eigenvalue weighted by molar-refractivity contribution is 5.28. The van der Waals surface area contributed by atoms with Gasteiger partial charge in [-0.25, -0.2) is 4.39 Å². The molecule has 0 radical (unpaired) electrons. The van der Waals surface area contributed by atoms with Crippen LogP contribution >= 0.6 is 0 Å². The molecule has 1 N–H and O–H groups in total. The molecule has 14 heavy (non-hydrogen) atoms. The first-order valence-electron chi connectivity index (χ1n) is 4.96. The van der Waals surface area contributed by atoms with Gasteiger partial charge in [-0.05, 0) is 18.4 Å². The fourth-order valence-electron chi connectivity index (χ4n) is 1.36. The smallest absolute Gasteiger partial charge is 0.117 e. The molecular formula is C11H15FN2. The van der Waals surface area contributed by atoms with Gasteiger partial charge in [0.05, 0.1) is 6.07 Å². The van der Waals surface area contributed by atoms with E-state index in [0.717, 1.165) is 24.8 Å². The summed E-state index contributed by atoms with van der Waals surface area (Å²) in [6.45, 7) is 2.25. The maximum absolute atomic E-state index is 13.4. The van der Waals surface area contributed by atoms with Crippen molar-refractivity contribution in [2.45, 2.75) is 32.2 Å². The highest BCUT2D eigenvalue weighted by atomic mass is 19.1. The maximum atomic E-state index is 13.4. The SMILES string of the molecule is CCCCC1=C(F)CNC(C#N)C=C1. The van der Waals surface area contributed by atoms with Crippen LogP contribution in [0.1, 0.15) is 26.2 Å². The summed E-state index contributed by atoms with van der Waals surface area (Å²) in [5.74, 6) is -0.132. The van der Waals surface area contributed by atoms with Crippen LogP contribution < -0.4 is 5.32 Å². The summed E-state index contributed by atoms with van der Waals surface area (Å²) < 4.78 is 13.4. The third kappa shape index (κ3) is 2.97. The van der Waals surface area contributed by atoms with E-state index in [1.54, 1.807) is 12.2 Å². The monoisotopic (exact) mass is 194 g/mol. The standard InChI is InChI=1S/C11H15FN2/c1-2-3-4-9-5-6-10(7-13)14-8-11(9)12/h5-6,10,14H,2-4,8H2,1H3. The van der Waals surface area contributed by atoms with Gasteiger partial charge in [0.25, 0.3) is 0 Å². The van der Waals surface area contributed by atoms with Crippen molar-refractivity contribution in [2.75, 3.05) is 6.54 Å². The van der Waals surface area contributed by atoms with Crippen LogP contribution in [0.25, 0.3) is 0 Å². The lowest BCUT2D eigenvalue weighted by atomic mass is 10.1. The fourth-order valence-corrected chi connectivity index (χ4v) is 1.36. The summed E-state index contributed by atoms with van der Waals surface area (Å²) in [6, 6.07) is 1.69. The van der Waals surface area contributed by atoms with Gasteiger partial charge in [0.15, 0.2) is 0 Å². The molecule has 0 aromatic rings. The molecule has 0 aromatic heterocycles. The molecule has 1 heterocycles. The van der Waals surface area contributed by atoms with Crippen molar-refractivity contribution in [3.05, 3.63) is 23.6 Å². The highest BCUT2D eigenvalue weighted by Crippen LogP contribution is 2.17. The second-order valence-electron chi connectivity index (χ2n) is 3.38. The Labute approximate surface area is 84.1 Å². The molecule has 1 aliphatic rings. The van der Waals surface area contributed by atoms with Crippen LogP contribution in [0, 0.1) is 11.3 Å². The molecule has 0 fully saturated rings. The fraction of sp³-hybridized carbons (Fsp3) is 0.545. The molecule has 0 aromatic carbocycles. The quantitative estimate of drug-likeness (QED) is 0.749. The Bertz CT molecular complexity index is 286. The van der Waals surface area contributed by atoms with Crippen LogP contribution in [-0.4, -0.2) is 12.6 Å². The van der Waals surface area contributed by atoms with E-state index in [-0.39, 0.29) is 18.4 Å². The molecule has 0 saturated carbocycles. The second kappa shape index (κ2) is 5.56. The highest BCUT2D eigenvalue weighted by Gasteiger charge is 2.11. The van der Waals surface area contributed by atoms with E-state index in [4.69, 9.17) is 5.26 Å². The van der Waals surface area contributed by atoms with Crippen molar-refractivity contribution in [1.82, 2.24) is 5.32 Å². The van der Waals surface area contributed by atoms with E-state index in [9.17, 15) is 4.39 Å². The second-order valence-corrected chi connectivity index (χ2v) is 3.38. The largest absolute Gasteiger partial charge is 0.292 e. The lowest BCUT2D eigenvalue weighted by molar-refractivity contribution is 0.559. The average molecular weight is 194 g/mol. The predicted molar refractivity (Wildman–Crippen MR) is 54.2 cm³/mol. The lowest BCUT2D eigenvalue weighted by Gasteiger charge is -2.03. The number of nitriles is 1. The zero-order valence-electron chi connectivity index (χ0n) is 8.39. The van der Waals surface area contributed by atoms with Gasteiger partial charge in [0, 0.05) is 6.54 Å². The van der Waals surface area contributed by atoms with Gasteiger partial charge in [-0.1, -0.05) is 25.5 Å². The number of nitrogens with zero attached hydrogens (tertiary/aromatic N) is 1. The summed E-state index contributed by atoms with van der Waals surface area (Å²) in [5, 5.41) is 11.5. The Morgan fingerprint density at radius 3 is 3.14 bits per heavy atom. The van der Waals surface area contributed by atoms with Crippen molar-refractivity contribution >= 4 is 0 Å². The van der Waals surface area contributed by atoms with Gasteiger partial charge in [0.1, 0.15) is 11.9 Å². The van der Waals surface area contributed by atoms with Crippen LogP contribution in [0.3, 0.4) is 0 Å². The molecular weight excluding hydrogens is 179 g/mol. The number of allylic oxidation sites excluding steroid dienone is 2. The molecule has 2 nitrogen and oxygen atoms in total. The van der Waals surface area contributed by atoms with Crippen molar-refractivity contribution in [3.63, 3.8) is 0 Å². The Morgan fingerprint density at radius 2 is 2.50 bits per heavy atom. The topological polar surface area (TPSA) is 35.8 Å². The summed E-state index contributed by atoms with van der Waals surface area (Å²) in [4.78, 5) is 0. The number of hydrogen-bond donors (Lipinski definition) is 1. The van der Waals surface area contributed by atoms with Gasteiger partial charge in [-0.15, -0.1) is 0 Å². The van der Waals surface area contributed by atoms with E-state index in [0.29, 0.717) is 0 Å². The normalized spacial score (nSPS) is 21.9. The van der Waals surface area contributed by atoms with Crippen molar-refractivity contribution in [3.8, 4) is 6.07 Å². The molecule has 0 saturated heterocycles. The van der Waals surface area contributed by atoms with Crippen LogP contribution in [0.5, 0.6) is 0 Å². The minimum atomic E-state index is -0.361. The maximum Gasteiger partial charge on any atom is 0.117 e. The van der Waals surface area contributed by atoms with Gasteiger partial charge >= 0.3 is 0 Å². The van der Waals surface area contributed by atoms with Gasteiger partial charge in [0.2, 0.25) is 0 Å². The Morgan fingerprint density at radius 1 is 1.71 bits per heavy atom. The minimum Gasteiger partial charge on any atom is -0.292 e. The van der Waals surface area contributed by atoms with Crippen molar-refractivity contribution < 1.29 is 4.39 Å². The van der Waals surface area contributed by atoms with Crippen LogP contribution in [0.2, 0.25) is 0 Å². The molecule has 3 heteroatoms. The zero-order valence-corrected chi connectivity index (χ0v) is 8.39. The zero-order chi connectivity index (χ0) is 10.4. The molecule has 1 rings (SSSR count). The summed E-state index contributed by atoms with van der Waals surface area (Å²) in [7, 11) is 0. The molecule has 0 aliphatic carbocycles. The van der Waals surface area contributed by atoms with Crippen molar-refractivity contribution in [2.24, 2.45) is 0 Å². The van der Waals surface area contributed by atoms with Gasteiger partial charge in [-0.2, -0.15) is 5.26 Å². The third-order valence-electron chi connectivity index (χ3n) is 2.25. The number of hydrogen-bond acceptors (Lipinski definition) is 2. The van der Waals surface area contributed by atoms with Crippen LogP contribution in [0.15, 0.2) is 23.6 Å². The molecule has 1 unspecified atom stereocenters. The number of rotatable bonds is 3. The lowest BCUT2D eigenvalue weighted by Crippen LogP contribution is -2.25. The predicted octanol–water partition coefficient (Wildman–Crippen LogP) is 2.45. The molecule has 1 atom stereocenters. The summed E-state index contributed by atoms with van der Waals surface area (Å²) >= 11 is 0. The Hall–Kier alpha value is -1.14. The van der Waals surface area contributed by atoms with Crippen LogP contribution in [-0.2, 0) is 0 Å². The number of unbranched alkanes of at least 4 members (excludes halogenated alkanes) is 1. The first kappa shape index (κ1) is 10.9. The van der Waals surface area contributed by atoms with Crippen molar-refractivity contribution in [1.29, 1.82) is 5.26 Å². The van der Waals surface area contributed by atoms with Gasteiger partial charge in [-0.3, -0.25) is 5.32 Å². The van der Waals surface area contributed by atoms with E-state index < -0.39 is 0 Å². The summed E-state index contributed by atoms with van der Waals surface area (Å²) in [6.07, 6.45) is 6.26. The van der Waals surface area contributed by atoms with E-state index in [1.165, 1.54) is 0 Å². The van der Waals surface area contributed by atoms with Gasteiger partial charge < -0.3 is 0 Å². The Balaban J connectivity index is 2.65. The van der Waals surface area contributed by atoms with Crippen LogP contribution in [0.4, 0.5) is 4.39 Å². The number of halogens is 1. The molecule has 0 amide bonds. The Kier molecular flexibility index (Phi) is 4.34. The first-order valence-corrected chi connectivity index (χ1v) is 4.96. The van der Waals surface area contributed by atoms with E-state index in [1.807, 2.05) is 6.07 Å². The molecule has 1 aliphatic heterocycles. The minimum absolute atomic E-state index is 0.132. The molecule has 0 bridgehead atoms. The summed E-state index contributed by atoms with van der Waals surface area (Å²) in [5.41, 5.74) is 0.733. The third-order valence-corrected chi connectivity index (χ3v) is 2.25. The molecule has 76 valence electrons. The van der Waals surface area contributed by atoms with E-state index in [2.05, 4.69) is 12.2 Å².